The molecule has 0 bridgehead atoms. The van der Waals surface area contributed by atoms with E-state index in [1.807, 2.05) is 23.1 Å². The maximum atomic E-state index is 12.4. The number of guanidine groups is 1. The topological polar surface area (TPSA) is 47.9 Å². The molecule has 1 heterocycles. The molecule has 1 aromatic rings. The Hall–Kier alpha value is -2.25. The van der Waals surface area contributed by atoms with Gasteiger partial charge < -0.3 is 15.1 Å². The van der Waals surface area contributed by atoms with Crippen molar-refractivity contribution in [2.24, 2.45) is 10.9 Å². The average molecular weight is 370 g/mol. The number of likely N-dealkylation sites (N-methyl/N-ethyl adjacent to an activating group) is 1. The van der Waals surface area contributed by atoms with Gasteiger partial charge in [0.15, 0.2) is 5.96 Å². The number of amides is 1. The van der Waals surface area contributed by atoms with Crippen LogP contribution in [0.25, 0.3) is 0 Å². The van der Waals surface area contributed by atoms with Crippen molar-refractivity contribution in [3.63, 3.8) is 0 Å². The molecule has 1 fully saturated rings. The monoisotopic (exact) mass is 370 g/mol. The molecule has 144 valence electrons. The van der Waals surface area contributed by atoms with Crippen LogP contribution in [0.3, 0.4) is 0 Å². The van der Waals surface area contributed by atoms with Crippen molar-refractivity contribution in [1.82, 2.24) is 15.1 Å². The van der Waals surface area contributed by atoms with Crippen molar-refractivity contribution >= 4 is 11.9 Å². The van der Waals surface area contributed by atoms with Crippen molar-refractivity contribution < 1.29 is 18.0 Å². The van der Waals surface area contributed by atoms with Crippen LogP contribution in [0, 0.1) is 5.92 Å². The SMILES string of the molecule is CN=C(NCC(=O)N(C)CC(F)(F)F)N1CCC(Cc2ccccc2)C1. The Morgan fingerprint density at radius 3 is 2.65 bits per heavy atom. The van der Waals surface area contributed by atoms with E-state index >= 15 is 0 Å². The third-order valence-corrected chi connectivity index (χ3v) is 4.40. The van der Waals surface area contributed by atoms with Gasteiger partial charge in [-0.25, -0.2) is 0 Å². The molecular weight excluding hydrogens is 345 g/mol. The first kappa shape index (κ1) is 20.1. The quantitative estimate of drug-likeness (QED) is 0.638. The van der Waals surface area contributed by atoms with Crippen LogP contribution in [-0.4, -0.2) is 68.1 Å². The highest BCUT2D eigenvalue weighted by molar-refractivity contribution is 5.86. The lowest BCUT2D eigenvalue weighted by Gasteiger charge is -2.23. The normalized spacial score (nSPS) is 18.1. The second kappa shape index (κ2) is 8.91. The molecular formula is C18H25F3N4O. The summed E-state index contributed by atoms with van der Waals surface area (Å²) in [6, 6.07) is 10.2. The highest BCUT2D eigenvalue weighted by Crippen LogP contribution is 2.21. The number of likely N-dealkylation sites (tertiary alicyclic amines) is 1. The maximum absolute atomic E-state index is 12.4. The standard InChI is InChI=1S/C18H25F3N4O/c1-22-17(23-11-16(26)24(2)13-18(19,20)21)25-9-8-15(12-25)10-14-6-4-3-5-7-14/h3-7,15H,8-13H2,1-2H3,(H,22,23). The summed E-state index contributed by atoms with van der Waals surface area (Å²) in [5.74, 6) is 0.414. The molecule has 0 saturated carbocycles. The number of nitrogens with one attached hydrogen (secondary N) is 1. The highest BCUT2D eigenvalue weighted by atomic mass is 19.4. The summed E-state index contributed by atoms with van der Waals surface area (Å²) in [4.78, 5) is 18.7. The Kier molecular flexibility index (Phi) is 6.88. The van der Waals surface area contributed by atoms with Crippen LogP contribution < -0.4 is 5.32 Å². The summed E-state index contributed by atoms with van der Waals surface area (Å²) < 4.78 is 37.1. The van der Waals surface area contributed by atoms with Crippen LogP contribution in [0.15, 0.2) is 35.3 Å². The van der Waals surface area contributed by atoms with Gasteiger partial charge in [0.1, 0.15) is 6.54 Å². The van der Waals surface area contributed by atoms with E-state index in [0.29, 0.717) is 16.8 Å². The largest absolute Gasteiger partial charge is 0.406 e. The minimum absolute atomic E-state index is 0.209. The lowest BCUT2D eigenvalue weighted by Crippen LogP contribution is -2.46. The molecule has 0 spiro atoms. The Labute approximate surface area is 151 Å². The molecule has 5 nitrogen and oxygen atoms in total. The number of halogens is 3. The lowest BCUT2D eigenvalue weighted by molar-refractivity contribution is -0.157. The predicted octanol–water partition coefficient (Wildman–Crippen LogP) is 2.15. The summed E-state index contributed by atoms with van der Waals surface area (Å²) >= 11 is 0. The van der Waals surface area contributed by atoms with Crippen molar-refractivity contribution in [2.45, 2.75) is 19.0 Å². The van der Waals surface area contributed by atoms with Gasteiger partial charge in [-0.05, 0) is 24.3 Å². The number of nitrogens with zero attached hydrogens (tertiary/aromatic N) is 3. The summed E-state index contributed by atoms with van der Waals surface area (Å²) in [6.07, 6.45) is -2.41. The third-order valence-electron chi connectivity index (χ3n) is 4.40. The molecule has 0 aromatic heterocycles. The molecule has 1 amide bonds. The van der Waals surface area contributed by atoms with E-state index in [1.165, 1.54) is 5.56 Å². The molecule has 1 unspecified atom stereocenters. The van der Waals surface area contributed by atoms with Gasteiger partial charge in [0.2, 0.25) is 5.91 Å². The molecule has 0 radical (unpaired) electrons. The number of aliphatic imine (C=N–C) groups is 1. The first-order valence-electron chi connectivity index (χ1n) is 8.58. The van der Waals surface area contributed by atoms with E-state index < -0.39 is 18.6 Å². The van der Waals surface area contributed by atoms with Crippen LogP contribution in [0.2, 0.25) is 0 Å². The fourth-order valence-corrected chi connectivity index (χ4v) is 3.12. The molecule has 1 N–H and O–H groups in total. The van der Waals surface area contributed by atoms with Gasteiger partial charge in [-0.1, -0.05) is 30.3 Å². The van der Waals surface area contributed by atoms with Crippen LogP contribution in [-0.2, 0) is 11.2 Å². The summed E-state index contributed by atoms with van der Waals surface area (Å²) in [5, 5.41) is 2.88. The Morgan fingerprint density at radius 2 is 2.04 bits per heavy atom. The van der Waals surface area contributed by atoms with E-state index in [0.717, 1.165) is 33.0 Å². The zero-order valence-electron chi connectivity index (χ0n) is 15.1. The van der Waals surface area contributed by atoms with Gasteiger partial charge in [0.25, 0.3) is 0 Å². The zero-order chi connectivity index (χ0) is 19.2. The molecule has 8 heteroatoms. The second-order valence-electron chi connectivity index (χ2n) is 6.56. The van der Waals surface area contributed by atoms with Crippen LogP contribution in [0.5, 0.6) is 0 Å². The highest BCUT2D eigenvalue weighted by Gasteiger charge is 2.31. The second-order valence-corrected chi connectivity index (χ2v) is 6.56. The van der Waals surface area contributed by atoms with E-state index in [4.69, 9.17) is 0 Å². The van der Waals surface area contributed by atoms with Crippen molar-refractivity contribution in [2.75, 3.05) is 40.3 Å². The molecule has 1 aliphatic rings. The molecule has 1 atom stereocenters. The molecule has 1 saturated heterocycles. The molecule has 26 heavy (non-hydrogen) atoms. The zero-order valence-corrected chi connectivity index (χ0v) is 15.1. The third kappa shape index (κ3) is 6.24. The number of carbonyl (C=O) groups is 1. The number of carbonyl (C=O) groups excluding carboxylic acids is 1. The van der Waals surface area contributed by atoms with Crippen LogP contribution in [0.1, 0.15) is 12.0 Å². The van der Waals surface area contributed by atoms with E-state index in [9.17, 15) is 18.0 Å². The van der Waals surface area contributed by atoms with Gasteiger partial charge in [-0.2, -0.15) is 13.2 Å². The van der Waals surface area contributed by atoms with Crippen molar-refractivity contribution in [3.8, 4) is 0 Å². The minimum Gasteiger partial charge on any atom is -0.347 e. The molecule has 2 rings (SSSR count). The minimum atomic E-state index is -4.40. The number of alkyl halides is 3. The fraction of sp³-hybridized carbons (Fsp3) is 0.556. The van der Waals surface area contributed by atoms with Gasteiger partial charge in [-0.15, -0.1) is 0 Å². The Morgan fingerprint density at radius 1 is 1.35 bits per heavy atom. The Balaban J connectivity index is 1.81. The summed E-state index contributed by atoms with van der Waals surface area (Å²) in [7, 11) is 2.75. The first-order valence-corrected chi connectivity index (χ1v) is 8.58. The van der Waals surface area contributed by atoms with Gasteiger partial charge in [-0.3, -0.25) is 9.79 Å². The number of rotatable bonds is 5. The lowest BCUT2D eigenvalue weighted by atomic mass is 9.99. The molecule has 1 aliphatic heterocycles. The van der Waals surface area contributed by atoms with Crippen LogP contribution in [0.4, 0.5) is 13.2 Å². The van der Waals surface area contributed by atoms with E-state index in [-0.39, 0.29) is 6.54 Å². The average Bonchev–Trinajstić information content (AvgIpc) is 3.03. The smallest absolute Gasteiger partial charge is 0.347 e. The number of hydrogen-bond donors (Lipinski definition) is 1. The fourth-order valence-electron chi connectivity index (χ4n) is 3.12. The van der Waals surface area contributed by atoms with Gasteiger partial charge in [0, 0.05) is 27.2 Å². The maximum Gasteiger partial charge on any atom is 0.406 e. The van der Waals surface area contributed by atoms with Gasteiger partial charge in [0.05, 0.1) is 6.54 Å². The van der Waals surface area contributed by atoms with E-state index in [1.54, 1.807) is 7.05 Å². The number of benzene rings is 1. The van der Waals surface area contributed by atoms with E-state index in [2.05, 4.69) is 22.4 Å². The number of hydrogen-bond acceptors (Lipinski definition) is 2. The Bertz CT molecular complexity index is 619. The molecule has 1 aromatic carbocycles. The van der Waals surface area contributed by atoms with Crippen LogP contribution >= 0.6 is 0 Å². The van der Waals surface area contributed by atoms with Crippen molar-refractivity contribution in [1.29, 1.82) is 0 Å². The van der Waals surface area contributed by atoms with Crippen molar-refractivity contribution in [3.05, 3.63) is 35.9 Å². The summed E-state index contributed by atoms with van der Waals surface area (Å²) in [5.41, 5.74) is 1.28. The first-order chi connectivity index (χ1) is 12.3. The summed E-state index contributed by atoms with van der Waals surface area (Å²) in [6.45, 7) is 0.152. The van der Waals surface area contributed by atoms with Gasteiger partial charge >= 0.3 is 6.18 Å². The predicted molar refractivity (Wildman–Crippen MR) is 94.9 cm³/mol. The molecule has 0 aliphatic carbocycles.